The molecule has 9 nitrogen and oxygen atoms in total. The zero-order valence-electron chi connectivity index (χ0n) is 17.7. The number of carbonyl (C=O) groups excluding carboxylic acids is 2. The van der Waals surface area contributed by atoms with Crippen LogP contribution in [0.4, 0.5) is 5.13 Å². The van der Waals surface area contributed by atoms with Crippen molar-refractivity contribution in [2.75, 3.05) is 45.7 Å². The maximum Gasteiger partial charge on any atom is 0.305 e. The predicted molar refractivity (Wildman–Crippen MR) is 121 cm³/mol. The molecule has 0 bridgehead atoms. The van der Waals surface area contributed by atoms with Gasteiger partial charge < -0.3 is 15.0 Å². The van der Waals surface area contributed by atoms with Crippen LogP contribution in [0, 0.1) is 6.92 Å². The number of hydrogen-bond donors (Lipinski definition) is 1. The molecule has 3 rings (SSSR count). The lowest BCUT2D eigenvalue weighted by Gasteiger charge is -2.31. The number of hydrogen-bond acceptors (Lipinski definition) is 9. The number of carbonyl (C=O) groups is 2. The van der Waals surface area contributed by atoms with Crippen LogP contribution < -0.4 is 5.32 Å². The average Bonchev–Trinajstić information content (AvgIpc) is 3.35. The number of thiophene rings is 1. The monoisotopic (exact) mass is 486 g/mol. The highest BCUT2D eigenvalue weighted by molar-refractivity contribution is 7.91. The fraction of sp³-hybridized carbons (Fsp3) is 0.526. The summed E-state index contributed by atoms with van der Waals surface area (Å²) in [4.78, 5) is 30.5. The Hall–Kier alpha value is -1.86. The van der Waals surface area contributed by atoms with Gasteiger partial charge in [-0.25, -0.2) is 13.4 Å². The van der Waals surface area contributed by atoms with Crippen molar-refractivity contribution in [3.63, 3.8) is 0 Å². The summed E-state index contributed by atoms with van der Waals surface area (Å²) in [5.41, 5.74) is 1.50. The van der Waals surface area contributed by atoms with E-state index in [9.17, 15) is 18.0 Å². The third-order valence-corrected chi connectivity index (χ3v) is 9.39. The number of ether oxygens (including phenoxy) is 1. The minimum absolute atomic E-state index is 0.186. The van der Waals surface area contributed by atoms with Gasteiger partial charge in [0.2, 0.25) is 5.91 Å². The second-order valence-electron chi connectivity index (χ2n) is 7.27. The van der Waals surface area contributed by atoms with Crippen LogP contribution in [0.5, 0.6) is 0 Å². The second-order valence-corrected chi connectivity index (χ2v) is 11.3. The molecule has 1 aliphatic rings. The third kappa shape index (κ3) is 5.89. The Balaban J connectivity index is 1.66. The average molecular weight is 487 g/mol. The van der Waals surface area contributed by atoms with Crippen LogP contribution in [-0.2, 0) is 24.3 Å². The van der Waals surface area contributed by atoms with Crippen molar-refractivity contribution in [3.8, 4) is 10.4 Å². The molecule has 0 spiro atoms. The van der Waals surface area contributed by atoms with Crippen molar-refractivity contribution >= 4 is 49.7 Å². The van der Waals surface area contributed by atoms with Gasteiger partial charge in [-0.3, -0.25) is 9.59 Å². The lowest BCUT2D eigenvalue weighted by Crippen LogP contribution is -2.46. The van der Waals surface area contributed by atoms with Gasteiger partial charge in [0.25, 0.3) is 10.0 Å². The lowest BCUT2D eigenvalue weighted by molar-refractivity contribution is -0.140. The number of nitrogens with one attached hydrogen (secondary N) is 1. The Bertz CT molecular complexity index is 1040. The standard InChI is InChI=1S/C19H26N4O5S3/c1-13-18(30-19(20-13)21-15(24)5-4-6-16(25)28-3)14-11-17(29-12-14)31(26,27)23-9-7-22(2)8-10-23/h11-12H,4-10H2,1-3H3,(H,20,21,24). The molecule has 1 amide bonds. The van der Waals surface area contributed by atoms with E-state index in [4.69, 9.17) is 0 Å². The minimum atomic E-state index is -3.52. The first kappa shape index (κ1) is 23.8. The van der Waals surface area contributed by atoms with E-state index in [1.54, 1.807) is 6.07 Å². The number of methoxy groups -OCH3 is 1. The highest BCUT2D eigenvalue weighted by atomic mass is 32.2. The molecule has 12 heteroatoms. The summed E-state index contributed by atoms with van der Waals surface area (Å²) in [6, 6.07) is 1.68. The van der Waals surface area contributed by atoms with Gasteiger partial charge in [0.15, 0.2) is 5.13 Å². The summed E-state index contributed by atoms with van der Waals surface area (Å²) >= 11 is 2.50. The Morgan fingerprint density at radius 3 is 2.61 bits per heavy atom. The highest BCUT2D eigenvalue weighted by Gasteiger charge is 2.29. The summed E-state index contributed by atoms with van der Waals surface area (Å²) in [5, 5.41) is 5.01. The summed E-state index contributed by atoms with van der Waals surface area (Å²) < 4.78 is 32.3. The molecule has 0 aliphatic carbocycles. The van der Waals surface area contributed by atoms with Crippen LogP contribution >= 0.6 is 22.7 Å². The van der Waals surface area contributed by atoms with E-state index in [0.29, 0.717) is 41.9 Å². The molecule has 0 radical (unpaired) electrons. The molecule has 2 aromatic rings. The molecule has 1 aliphatic heterocycles. The van der Waals surface area contributed by atoms with Crippen LogP contribution in [0.1, 0.15) is 25.0 Å². The topological polar surface area (TPSA) is 109 Å². The van der Waals surface area contributed by atoms with Gasteiger partial charge in [-0.2, -0.15) is 4.31 Å². The second kappa shape index (κ2) is 10.2. The normalized spacial score (nSPS) is 15.7. The number of esters is 1. The number of aromatic nitrogens is 1. The fourth-order valence-electron chi connectivity index (χ4n) is 3.12. The molecule has 2 aromatic heterocycles. The molecule has 31 heavy (non-hydrogen) atoms. The van der Waals surface area contributed by atoms with Crippen molar-refractivity contribution in [1.29, 1.82) is 0 Å². The quantitative estimate of drug-likeness (QED) is 0.571. The first-order valence-corrected chi connectivity index (χ1v) is 13.0. The molecule has 3 heterocycles. The van der Waals surface area contributed by atoms with Gasteiger partial charge in [0.1, 0.15) is 4.21 Å². The SMILES string of the molecule is COC(=O)CCCC(=O)Nc1nc(C)c(-c2csc(S(=O)(=O)N3CCN(C)CC3)c2)s1. The van der Waals surface area contributed by atoms with Gasteiger partial charge >= 0.3 is 5.97 Å². The summed E-state index contributed by atoms with van der Waals surface area (Å²) in [6.45, 7) is 4.23. The first-order chi connectivity index (χ1) is 14.7. The summed E-state index contributed by atoms with van der Waals surface area (Å²) in [6.07, 6.45) is 0.772. The number of sulfonamides is 1. The Labute approximate surface area is 190 Å². The highest BCUT2D eigenvalue weighted by Crippen LogP contribution is 2.37. The van der Waals surface area contributed by atoms with Gasteiger partial charge in [0.05, 0.1) is 17.7 Å². The number of likely N-dealkylation sites (N-methyl/N-ethyl adjacent to an activating group) is 1. The van der Waals surface area contributed by atoms with Gasteiger partial charge in [0, 0.05) is 50.0 Å². The smallest absolute Gasteiger partial charge is 0.305 e. The maximum absolute atomic E-state index is 13.0. The van der Waals surface area contributed by atoms with E-state index in [0.717, 1.165) is 16.1 Å². The molecule has 170 valence electrons. The van der Waals surface area contributed by atoms with Crippen molar-refractivity contribution in [2.24, 2.45) is 0 Å². The Morgan fingerprint density at radius 1 is 1.23 bits per heavy atom. The summed E-state index contributed by atoms with van der Waals surface area (Å²) in [7, 11) is -0.220. The van der Waals surface area contributed by atoms with Gasteiger partial charge in [-0.15, -0.1) is 11.3 Å². The fourth-order valence-corrected chi connectivity index (χ4v) is 6.91. The number of anilines is 1. The third-order valence-electron chi connectivity index (χ3n) is 4.95. The molecule has 0 unspecified atom stereocenters. The molecule has 1 N–H and O–H groups in total. The Morgan fingerprint density at radius 2 is 1.94 bits per heavy atom. The van der Waals surface area contributed by atoms with Crippen molar-refractivity contribution in [1.82, 2.24) is 14.2 Å². The minimum Gasteiger partial charge on any atom is -0.469 e. The molecular formula is C19H26N4O5S3. The zero-order chi connectivity index (χ0) is 22.6. The summed E-state index contributed by atoms with van der Waals surface area (Å²) in [5.74, 6) is -0.576. The van der Waals surface area contributed by atoms with Crippen molar-refractivity contribution in [2.45, 2.75) is 30.4 Å². The van der Waals surface area contributed by atoms with E-state index < -0.39 is 10.0 Å². The predicted octanol–water partition coefficient (Wildman–Crippen LogP) is 2.40. The van der Waals surface area contributed by atoms with Crippen molar-refractivity contribution in [3.05, 3.63) is 17.1 Å². The molecular weight excluding hydrogens is 460 g/mol. The largest absolute Gasteiger partial charge is 0.469 e. The number of thiazole rings is 1. The van der Waals surface area contributed by atoms with Crippen LogP contribution in [0.15, 0.2) is 15.7 Å². The van der Waals surface area contributed by atoms with E-state index in [2.05, 4.69) is 19.9 Å². The van der Waals surface area contributed by atoms with E-state index >= 15 is 0 Å². The maximum atomic E-state index is 13.0. The zero-order valence-corrected chi connectivity index (χ0v) is 20.2. The number of nitrogens with zero attached hydrogens (tertiary/aromatic N) is 3. The van der Waals surface area contributed by atoms with Crippen LogP contribution in [0.25, 0.3) is 10.4 Å². The lowest BCUT2D eigenvalue weighted by atomic mass is 10.2. The number of amides is 1. The molecule has 0 saturated carbocycles. The van der Waals surface area contributed by atoms with Crippen LogP contribution in [-0.4, -0.2) is 74.8 Å². The van der Waals surface area contributed by atoms with E-state index in [-0.39, 0.29) is 24.7 Å². The Kier molecular flexibility index (Phi) is 7.81. The number of rotatable bonds is 8. The molecule has 1 saturated heterocycles. The van der Waals surface area contributed by atoms with E-state index in [1.165, 1.54) is 34.1 Å². The first-order valence-electron chi connectivity index (χ1n) is 9.82. The van der Waals surface area contributed by atoms with Crippen LogP contribution in [0.2, 0.25) is 0 Å². The number of piperazine rings is 1. The van der Waals surface area contributed by atoms with Gasteiger partial charge in [-0.05, 0) is 26.5 Å². The van der Waals surface area contributed by atoms with Crippen LogP contribution in [0.3, 0.4) is 0 Å². The van der Waals surface area contributed by atoms with Crippen molar-refractivity contribution < 1.29 is 22.7 Å². The molecule has 0 aromatic carbocycles. The number of aryl methyl sites for hydroxylation is 1. The van der Waals surface area contributed by atoms with E-state index in [1.807, 2.05) is 19.4 Å². The van der Waals surface area contributed by atoms with Gasteiger partial charge in [-0.1, -0.05) is 11.3 Å². The molecule has 1 fully saturated rings. The molecule has 0 atom stereocenters.